The zero-order valence-electron chi connectivity index (χ0n) is 19.4. The van der Waals surface area contributed by atoms with E-state index in [2.05, 4.69) is 20.4 Å². The van der Waals surface area contributed by atoms with Crippen LogP contribution in [0.15, 0.2) is 29.4 Å². The number of thioether (sulfide) groups is 1. The molecule has 5 fully saturated rings. The van der Waals surface area contributed by atoms with Crippen molar-refractivity contribution in [1.82, 2.24) is 25.1 Å². The van der Waals surface area contributed by atoms with E-state index in [9.17, 15) is 9.18 Å². The third-order valence-electron chi connectivity index (χ3n) is 8.36. The molecule has 182 valence electrons. The lowest BCUT2D eigenvalue weighted by molar-refractivity contribution is -0.149. The van der Waals surface area contributed by atoms with Gasteiger partial charge in [-0.25, -0.2) is 9.07 Å². The molecule has 9 heteroatoms. The second kappa shape index (κ2) is 9.22. The van der Waals surface area contributed by atoms with Crippen LogP contribution in [0, 0.1) is 23.6 Å². The number of aromatic nitrogens is 4. The summed E-state index contributed by atoms with van der Waals surface area (Å²) in [5, 5.41) is 12.8. The van der Waals surface area contributed by atoms with E-state index in [4.69, 9.17) is 4.74 Å². The molecule has 1 aromatic heterocycles. The van der Waals surface area contributed by atoms with Crippen LogP contribution < -0.4 is 0 Å². The van der Waals surface area contributed by atoms with Crippen LogP contribution in [0.25, 0.3) is 0 Å². The molecule has 1 saturated heterocycles. The van der Waals surface area contributed by atoms with Crippen LogP contribution in [0.2, 0.25) is 0 Å². The van der Waals surface area contributed by atoms with Gasteiger partial charge in [0.15, 0.2) is 0 Å². The molecule has 34 heavy (non-hydrogen) atoms. The molecular weight excluding hydrogens is 453 g/mol. The average Bonchev–Trinajstić information content (AvgIpc) is 3.48. The van der Waals surface area contributed by atoms with Gasteiger partial charge in [0.2, 0.25) is 11.1 Å². The molecule has 4 aliphatic carbocycles. The Morgan fingerprint density at radius 3 is 2.50 bits per heavy atom. The zero-order chi connectivity index (χ0) is 23.1. The number of ether oxygens (including phenoxy) is 1. The number of hydrogen-bond donors (Lipinski definition) is 0. The smallest absolute Gasteiger partial charge is 0.233 e. The first-order valence-corrected chi connectivity index (χ1v) is 13.6. The largest absolute Gasteiger partial charge is 0.376 e. The molecule has 7 nitrogen and oxygen atoms in total. The van der Waals surface area contributed by atoms with Crippen molar-refractivity contribution in [3.05, 3.63) is 35.6 Å². The zero-order valence-corrected chi connectivity index (χ0v) is 20.3. The second-order valence-electron chi connectivity index (χ2n) is 10.8. The van der Waals surface area contributed by atoms with E-state index in [1.807, 2.05) is 12.1 Å². The Bertz CT molecular complexity index is 987. The Balaban J connectivity index is 1.20. The molecule has 4 saturated carbocycles. The number of carbonyl (C=O) groups excluding carboxylic acids is 1. The summed E-state index contributed by atoms with van der Waals surface area (Å²) in [5.41, 5.74) is 0.920. The van der Waals surface area contributed by atoms with Crippen molar-refractivity contribution in [2.24, 2.45) is 17.8 Å². The summed E-state index contributed by atoms with van der Waals surface area (Å²) >= 11 is 1.41. The molecule has 0 spiro atoms. The topological polar surface area (TPSA) is 73.1 Å². The van der Waals surface area contributed by atoms with Gasteiger partial charge in [0, 0.05) is 18.7 Å². The highest BCUT2D eigenvalue weighted by atomic mass is 32.2. The fraction of sp³-hybridized carbons (Fsp3) is 0.680. The molecule has 5 aliphatic rings. The molecule has 1 aromatic carbocycles. The number of hydrogen-bond acceptors (Lipinski definition) is 6. The van der Waals surface area contributed by atoms with Crippen molar-refractivity contribution in [2.45, 2.75) is 81.3 Å². The number of amides is 1. The molecule has 2 aromatic rings. The summed E-state index contributed by atoms with van der Waals surface area (Å²) in [5.74, 6) is 2.39. The predicted molar refractivity (Wildman–Crippen MR) is 125 cm³/mol. The highest BCUT2D eigenvalue weighted by molar-refractivity contribution is 7.99. The first kappa shape index (κ1) is 22.5. The van der Waals surface area contributed by atoms with Gasteiger partial charge in [-0.15, -0.1) is 5.10 Å². The molecule has 1 amide bonds. The lowest BCUT2D eigenvalue weighted by Gasteiger charge is -2.60. The fourth-order valence-corrected chi connectivity index (χ4v) is 8.05. The minimum atomic E-state index is -0.245. The SMILES string of the molecule is O=C(CSc1nnnn1C[C@@H]1CCCO1)N(Cc1ccc(F)cc1)C12CC3CC(CC(C3)C1)C2. The van der Waals surface area contributed by atoms with E-state index >= 15 is 0 Å². The van der Waals surface area contributed by atoms with Crippen molar-refractivity contribution < 1.29 is 13.9 Å². The standard InChI is InChI=1S/C25H32FN5O2S/c26-21-5-3-17(4-6-21)14-30(25-11-18-8-19(12-25)10-20(9-18)13-25)23(32)16-34-24-27-28-29-31(24)15-22-2-1-7-33-22/h3-6,18-20,22H,1-2,7-16H2/t18?,19?,20?,22-,25?/m0/s1. The third kappa shape index (κ3) is 4.49. The monoisotopic (exact) mass is 485 g/mol. The number of carbonyl (C=O) groups is 1. The van der Waals surface area contributed by atoms with Gasteiger partial charge in [0.25, 0.3) is 0 Å². The first-order chi connectivity index (χ1) is 16.6. The van der Waals surface area contributed by atoms with E-state index in [-0.39, 0.29) is 23.4 Å². The lowest BCUT2D eigenvalue weighted by atomic mass is 9.52. The minimum absolute atomic E-state index is 0.0651. The molecule has 0 unspecified atom stereocenters. The normalized spacial score (nSPS) is 31.8. The maximum atomic E-state index is 13.8. The molecule has 2 heterocycles. The highest BCUT2D eigenvalue weighted by Crippen LogP contribution is 2.58. The van der Waals surface area contributed by atoms with Crippen LogP contribution in [0.5, 0.6) is 0 Å². The number of benzene rings is 1. The first-order valence-electron chi connectivity index (χ1n) is 12.6. The molecule has 0 N–H and O–H groups in total. The Kier molecular flexibility index (Phi) is 6.09. The fourth-order valence-electron chi connectivity index (χ4n) is 7.29. The van der Waals surface area contributed by atoms with Crippen LogP contribution in [-0.4, -0.2) is 55.0 Å². The van der Waals surface area contributed by atoms with Crippen LogP contribution in [0.4, 0.5) is 4.39 Å². The third-order valence-corrected chi connectivity index (χ3v) is 9.30. The molecule has 0 radical (unpaired) electrons. The Morgan fingerprint density at radius 1 is 1.15 bits per heavy atom. The quantitative estimate of drug-likeness (QED) is 0.525. The maximum absolute atomic E-state index is 13.8. The van der Waals surface area contributed by atoms with E-state index in [1.165, 1.54) is 43.2 Å². The summed E-state index contributed by atoms with van der Waals surface area (Å²) in [7, 11) is 0. The van der Waals surface area contributed by atoms with E-state index in [0.29, 0.717) is 24.0 Å². The van der Waals surface area contributed by atoms with Crippen molar-refractivity contribution in [1.29, 1.82) is 0 Å². The van der Waals surface area contributed by atoms with Gasteiger partial charge in [-0.05, 0) is 97.2 Å². The molecule has 1 atom stereocenters. The van der Waals surface area contributed by atoms with Crippen LogP contribution >= 0.6 is 11.8 Å². The summed E-state index contributed by atoms with van der Waals surface area (Å²) in [6.45, 7) is 1.95. The second-order valence-corrected chi connectivity index (χ2v) is 11.8. The molecule has 7 rings (SSSR count). The van der Waals surface area contributed by atoms with Gasteiger partial charge in [0.05, 0.1) is 18.4 Å². The number of halogens is 1. The van der Waals surface area contributed by atoms with Gasteiger partial charge in [0.1, 0.15) is 5.82 Å². The van der Waals surface area contributed by atoms with Gasteiger partial charge < -0.3 is 9.64 Å². The van der Waals surface area contributed by atoms with Gasteiger partial charge in [-0.2, -0.15) is 0 Å². The molecular formula is C25H32FN5O2S. The maximum Gasteiger partial charge on any atom is 0.233 e. The molecule has 4 bridgehead atoms. The van der Waals surface area contributed by atoms with Crippen LogP contribution in [-0.2, 0) is 22.6 Å². The highest BCUT2D eigenvalue weighted by Gasteiger charge is 2.54. The summed E-state index contributed by atoms with van der Waals surface area (Å²) in [6.07, 6.45) is 9.51. The lowest BCUT2D eigenvalue weighted by Crippen LogP contribution is -2.61. The Hall–Kier alpha value is -2.00. The number of tetrazole rings is 1. The van der Waals surface area contributed by atoms with E-state index in [0.717, 1.165) is 62.0 Å². The predicted octanol–water partition coefficient (Wildman–Crippen LogP) is 4.08. The van der Waals surface area contributed by atoms with Gasteiger partial charge >= 0.3 is 0 Å². The van der Waals surface area contributed by atoms with E-state index in [1.54, 1.807) is 4.68 Å². The van der Waals surface area contributed by atoms with Gasteiger partial charge in [-0.3, -0.25) is 4.79 Å². The average molecular weight is 486 g/mol. The summed E-state index contributed by atoms with van der Waals surface area (Å²) < 4.78 is 21.0. The summed E-state index contributed by atoms with van der Waals surface area (Å²) in [6, 6.07) is 6.61. The van der Waals surface area contributed by atoms with Crippen molar-refractivity contribution in [3.8, 4) is 0 Å². The van der Waals surface area contributed by atoms with Crippen molar-refractivity contribution in [2.75, 3.05) is 12.4 Å². The van der Waals surface area contributed by atoms with Gasteiger partial charge in [-0.1, -0.05) is 23.9 Å². The van der Waals surface area contributed by atoms with Crippen LogP contribution in [0.3, 0.4) is 0 Å². The van der Waals surface area contributed by atoms with Crippen molar-refractivity contribution in [3.63, 3.8) is 0 Å². The number of rotatable bonds is 8. The van der Waals surface area contributed by atoms with E-state index < -0.39 is 0 Å². The van der Waals surface area contributed by atoms with Crippen LogP contribution in [0.1, 0.15) is 56.9 Å². The van der Waals surface area contributed by atoms with Crippen molar-refractivity contribution >= 4 is 17.7 Å². The number of nitrogens with zero attached hydrogens (tertiary/aromatic N) is 5. The Labute approximate surface area is 203 Å². The minimum Gasteiger partial charge on any atom is -0.376 e. The molecule has 1 aliphatic heterocycles. The Morgan fingerprint density at radius 2 is 1.85 bits per heavy atom. The summed E-state index contributed by atoms with van der Waals surface area (Å²) in [4.78, 5) is 16.0.